The molecule has 2 amide bonds. The molecule has 1 saturated heterocycles. The molecule has 1 fully saturated rings. The number of carbonyl (C=O) groups is 2. The molecule has 5 nitrogen and oxygen atoms in total. The maximum Gasteiger partial charge on any atom is 0.293 e. The summed E-state index contributed by atoms with van der Waals surface area (Å²) >= 11 is 10.4. The van der Waals surface area contributed by atoms with Gasteiger partial charge in [0.15, 0.2) is 11.5 Å². The Morgan fingerprint density at radius 3 is 2.52 bits per heavy atom. The Morgan fingerprint density at radius 1 is 1.16 bits per heavy atom. The third-order valence-electron chi connectivity index (χ3n) is 4.78. The molecule has 1 heterocycles. The molecular weight excluding hydrogens is 502 g/mol. The van der Waals surface area contributed by atoms with Crippen LogP contribution >= 0.6 is 39.3 Å². The highest BCUT2D eigenvalue weighted by Gasteiger charge is 2.37. The van der Waals surface area contributed by atoms with E-state index in [0.717, 1.165) is 22.9 Å². The van der Waals surface area contributed by atoms with Gasteiger partial charge in [-0.1, -0.05) is 30.7 Å². The highest BCUT2D eigenvalue weighted by molar-refractivity contribution is 9.10. The molecule has 0 aromatic heterocycles. The molecule has 0 bridgehead atoms. The van der Waals surface area contributed by atoms with Crippen LogP contribution in [0, 0.1) is 0 Å². The summed E-state index contributed by atoms with van der Waals surface area (Å²) in [4.78, 5) is 26.7. The summed E-state index contributed by atoms with van der Waals surface area (Å²) < 4.78 is 12.5. The lowest BCUT2D eigenvalue weighted by molar-refractivity contribution is -0.124. The first-order chi connectivity index (χ1) is 14.8. The Labute approximate surface area is 199 Å². The normalized spacial score (nSPS) is 16.2. The summed E-state index contributed by atoms with van der Waals surface area (Å²) in [6, 6.07) is 11.0. The predicted octanol–water partition coefficient (Wildman–Crippen LogP) is 6.92. The van der Waals surface area contributed by atoms with Gasteiger partial charge in [0.05, 0.1) is 16.0 Å². The minimum atomic E-state index is -0.263. The van der Waals surface area contributed by atoms with E-state index in [2.05, 4.69) is 15.9 Å². The fourth-order valence-electron chi connectivity index (χ4n) is 3.00. The van der Waals surface area contributed by atoms with E-state index in [1.165, 1.54) is 4.90 Å². The first-order valence-electron chi connectivity index (χ1n) is 9.94. The third-order valence-corrected chi connectivity index (χ3v) is 6.51. The van der Waals surface area contributed by atoms with Crippen LogP contribution in [0.25, 0.3) is 6.08 Å². The van der Waals surface area contributed by atoms with Crippen molar-refractivity contribution in [2.24, 2.45) is 0 Å². The van der Waals surface area contributed by atoms with Crippen molar-refractivity contribution < 1.29 is 19.1 Å². The zero-order chi connectivity index (χ0) is 22.5. The van der Waals surface area contributed by atoms with Crippen molar-refractivity contribution in [3.63, 3.8) is 0 Å². The lowest BCUT2D eigenvalue weighted by atomic mass is 10.1. The monoisotopic (exact) mass is 523 g/mol. The number of ether oxygens (including phenoxy) is 2. The number of amides is 2. The molecule has 0 saturated carbocycles. The summed E-state index contributed by atoms with van der Waals surface area (Å²) in [7, 11) is 0. The number of thioether (sulfide) groups is 1. The van der Waals surface area contributed by atoms with Gasteiger partial charge in [0.1, 0.15) is 6.61 Å². The molecule has 2 aromatic rings. The number of benzene rings is 2. The molecular formula is C23H23BrClNO4S. The SMILES string of the molecule is CCOc1cc(/C=C2/SC(=O)N([C@H](C)CC)C2=O)cc(Br)c1OCc1ccc(Cl)cc1. The maximum atomic E-state index is 12.7. The number of carbonyl (C=O) groups excluding carboxylic acids is 2. The van der Waals surface area contributed by atoms with Crippen LogP contribution in [0.3, 0.4) is 0 Å². The molecule has 0 spiro atoms. The molecule has 8 heteroatoms. The highest BCUT2D eigenvalue weighted by Crippen LogP contribution is 2.40. The lowest BCUT2D eigenvalue weighted by Gasteiger charge is -2.19. The molecule has 164 valence electrons. The molecule has 1 aliphatic heterocycles. The van der Waals surface area contributed by atoms with E-state index < -0.39 is 0 Å². The van der Waals surface area contributed by atoms with E-state index in [0.29, 0.717) is 45.5 Å². The summed E-state index contributed by atoms with van der Waals surface area (Å²) in [5.41, 5.74) is 1.71. The number of hydrogen-bond acceptors (Lipinski definition) is 5. The molecule has 3 rings (SSSR count). The van der Waals surface area contributed by atoms with Gasteiger partial charge in [-0.05, 0) is 89.4 Å². The molecule has 1 atom stereocenters. The molecule has 0 unspecified atom stereocenters. The highest BCUT2D eigenvalue weighted by atomic mass is 79.9. The second-order valence-corrected chi connectivity index (χ2v) is 9.27. The van der Waals surface area contributed by atoms with Crippen molar-refractivity contribution in [3.05, 3.63) is 61.9 Å². The topological polar surface area (TPSA) is 55.8 Å². The maximum absolute atomic E-state index is 12.7. The number of halogens is 2. The van der Waals surface area contributed by atoms with Crippen molar-refractivity contribution in [2.45, 2.75) is 39.8 Å². The van der Waals surface area contributed by atoms with Crippen LogP contribution in [0.4, 0.5) is 4.79 Å². The summed E-state index contributed by atoms with van der Waals surface area (Å²) in [6.45, 7) is 6.52. The second kappa shape index (κ2) is 10.6. The Balaban J connectivity index is 1.86. The summed E-state index contributed by atoms with van der Waals surface area (Å²) in [5.74, 6) is 0.862. The van der Waals surface area contributed by atoms with Crippen molar-refractivity contribution >= 4 is 56.5 Å². The number of hydrogen-bond donors (Lipinski definition) is 0. The van der Waals surface area contributed by atoms with E-state index >= 15 is 0 Å². The summed E-state index contributed by atoms with van der Waals surface area (Å²) in [5, 5.41) is 0.430. The lowest BCUT2D eigenvalue weighted by Crippen LogP contribution is -2.36. The van der Waals surface area contributed by atoms with Gasteiger partial charge in [-0.15, -0.1) is 0 Å². The predicted molar refractivity (Wildman–Crippen MR) is 129 cm³/mol. The van der Waals surface area contributed by atoms with Crippen LogP contribution in [0.15, 0.2) is 45.8 Å². The molecule has 1 aliphatic rings. The van der Waals surface area contributed by atoms with E-state index in [1.807, 2.05) is 57.2 Å². The molecule has 0 aliphatic carbocycles. The van der Waals surface area contributed by atoms with E-state index in [1.54, 1.807) is 6.08 Å². The van der Waals surface area contributed by atoms with Crippen LogP contribution in [0.1, 0.15) is 38.3 Å². The Morgan fingerprint density at radius 2 is 1.87 bits per heavy atom. The smallest absolute Gasteiger partial charge is 0.293 e. The van der Waals surface area contributed by atoms with Gasteiger partial charge in [0.25, 0.3) is 11.1 Å². The van der Waals surface area contributed by atoms with E-state index in [-0.39, 0.29) is 17.2 Å². The minimum Gasteiger partial charge on any atom is -0.490 e. The van der Waals surface area contributed by atoms with Gasteiger partial charge in [-0.25, -0.2) is 0 Å². The van der Waals surface area contributed by atoms with Gasteiger partial charge in [-0.2, -0.15) is 0 Å². The van der Waals surface area contributed by atoms with Crippen LogP contribution in [-0.2, 0) is 11.4 Å². The molecule has 31 heavy (non-hydrogen) atoms. The van der Waals surface area contributed by atoms with Gasteiger partial charge >= 0.3 is 0 Å². The zero-order valence-corrected chi connectivity index (χ0v) is 20.6. The standard InChI is InChI=1S/C23H23BrClNO4S/c1-4-14(3)26-22(27)20(31-23(26)28)12-16-10-18(24)21(19(11-16)29-5-2)30-13-15-6-8-17(25)9-7-15/h6-12,14H,4-5,13H2,1-3H3/b20-12+/t14-/m1/s1. The quantitative estimate of drug-likeness (QED) is 0.351. The molecule has 0 radical (unpaired) electrons. The van der Waals surface area contributed by atoms with Gasteiger partial charge < -0.3 is 9.47 Å². The Hall–Kier alpha value is -1.96. The third kappa shape index (κ3) is 5.64. The Kier molecular flexibility index (Phi) is 8.08. The fraction of sp³-hybridized carbons (Fsp3) is 0.304. The van der Waals surface area contributed by atoms with Crippen LogP contribution < -0.4 is 9.47 Å². The Bertz CT molecular complexity index is 1010. The van der Waals surface area contributed by atoms with Crippen molar-refractivity contribution in [3.8, 4) is 11.5 Å². The zero-order valence-electron chi connectivity index (χ0n) is 17.5. The summed E-state index contributed by atoms with van der Waals surface area (Å²) in [6.07, 6.45) is 2.43. The number of imide groups is 1. The number of nitrogens with zero attached hydrogens (tertiary/aromatic N) is 1. The number of rotatable bonds is 8. The van der Waals surface area contributed by atoms with E-state index in [4.69, 9.17) is 21.1 Å². The minimum absolute atomic E-state index is 0.132. The van der Waals surface area contributed by atoms with Crippen molar-refractivity contribution in [1.29, 1.82) is 0 Å². The van der Waals surface area contributed by atoms with Crippen LogP contribution in [0.2, 0.25) is 5.02 Å². The second-order valence-electron chi connectivity index (χ2n) is 6.99. The average molecular weight is 525 g/mol. The first kappa shape index (κ1) is 23.7. The average Bonchev–Trinajstić information content (AvgIpc) is 3.01. The van der Waals surface area contributed by atoms with Crippen molar-refractivity contribution in [2.75, 3.05) is 6.61 Å². The fourth-order valence-corrected chi connectivity index (χ4v) is 4.63. The molecule has 2 aromatic carbocycles. The molecule has 0 N–H and O–H groups in total. The van der Waals surface area contributed by atoms with E-state index in [9.17, 15) is 9.59 Å². The van der Waals surface area contributed by atoms with Crippen molar-refractivity contribution in [1.82, 2.24) is 4.90 Å². The first-order valence-corrected chi connectivity index (χ1v) is 11.9. The van der Waals surface area contributed by atoms with Crippen LogP contribution in [0.5, 0.6) is 11.5 Å². The van der Waals surface area contributed by atoms with Gasteiger partial charge in [-0.3, -0.25) is 14.5 Å². The van der Waals surface area contributed by atoms with Gasteiger partial charge in [0, 0.05) is 11.1 Å². The van der Waals surface area contributed by atoms with Gasteiger partial charge in [0.2, 0.25) is 0 Å². The largest absolute Gasteiger partial charge is 0.490 e. The van der Waals surface area contributed by atoms with Crippen LogP contribution in [-0.4, -0.2) is 28.7 Å².